The lowest BCUT2D eigenvalue weighted by molar-refractivity contribution is -0.148. The summed E-state index contributed by atoms with van der Waals surface area (Å²) in [4.78, 5) is 29.9. The lowest BCUT2D eigenvalue weighted by atomic mass is 9.97. The zero-order valence-corrected chi connectivity index (χ0v) is 19.8. The molecule has 1 atom stereocenters. The van der Waals surface area contributed by atoms with Crippen LogP contribution in [0.3, 0.4) is 0 Å². The number of anilines is 2. The molecular weight excluding hydrogens is 434 g/mol. The van der Waals surface area contributed by atoms with Crippen LogP contribution in [0, 0.1) is 5.92 Å². The van der Waals surface area contributed by atoms with Crippen LogP contribution in [0.4, 0.5) is 11.4 Å². The van der Waals surface area contributed by atoms with Crippen molar-refractivity contribution < 1.29 is 19.0 Å². The number of carbonyl (C=O) groups excluding carboxylic acids is 1. The molecule has 2 aromatic carbocycles. The van der Waals surface area contributed by atoms with Crippen LogP contribution >= 0.6 is 0 Å². The second-order valence-corrected chi connectivity index (χ2v) is 8.36. The number of aromatic nitrogens is 1. The average Bonchev–Trinajstić information content (AvgIpc) is 2.87. The Morgan fingerprint density at radius 1 is 1.12 bits per heavy atom. The highest BCUT2D eigenvalue weighted by molar-refractivity contribution is 5.83. The van der Waals surface area contributed by atoms with Crippen molar-refractivity contribution in [2.24, 2.45) is 5.92 Å². The van der Waals surface area contributed by atoms with Crippen molar-refractivity contribution in [1.29, 1.82) is 0 Å². The number of aromatic amines is 1. The summed E-state index contributed by atoms with van der Waals surface area (Å²) in [5.74, 6) is 0.991. The van der Waals surface area contributed by atoms with Gasteiger partial charge in [0.15, 0.2) is 11.5 Å². The largest absolute Gasteiger partial charge is 0.493 e. The van der Waals surface area contributed by atoms with Crippen LogP contribution in [0.1, 0.15) is 25.3 Å². The van der Waals surface area contributed by atoms with Gasteiger partial charge in [0.05, 0.1) is 32.3 Å². The molecule has 1 saturated heterocycles. The molecule has 0 amide bonds. The van der Waals surface area contributed by atoms with Crippen molar-refractivity contribution in [2.75, 3.05) is 44.1 Å². The SMILES string of the molecule is CCOC(=O)C1CCCN(c2ccc(NCc3cc4cc(OC)c(OC)cc4[nH]c3=O)cc2)C1. The Kier molecular flexibility index (Phi) is 7.25. The van der Waals surface area contributed by atoms with E-state index in [1.807, 2.05) is 43.3 Å². The van der Waals surface area contributed by atoms with E-state index in [0.29, 0.717) is 42.3 Å². The molecule has 0 radical (unpaired) electrons. The van der Waals surface area contributed by atoms with Gasteiger partial charge in [0.25, 0.3) is 5.56 Å². The van der Waals surface area contributed by atoms with E-state index in [1.54, 1.807) is 20.3 Å². The molecule has 1 aromatic heterocycles. The van der Waals surface area contributed by atoms with E-state index in [4.69, 9.17) is 14.2 Å². The summed E-state index contributed by atoms with van der Waals surface area (Å²) in [7, 11) is 3.15. The first-order valence-corrected chi connectivity index (χ1v) is 11.6. The first-order chi connectivity index (χ1) is 16.5. The Balaban J connectivity index is 1.43. The third-order valence-electron chi connectivity index (χ3n) is 6.18. The number of methoxy groups -OCH3 is 2. The van der Waals surface area contributed by atoms with E-state index < -0.39 is 0 Å². The smallest absolute Gasteiger partial charge is 0.310 e. The predicted octanol–water partition coefficient (Wildman–Crippen LogP) is 3.94. The number of fused-ring (bicyclic) bond motifs is 1. The van der Waals surface area contributed by atoms with Gasteiger partial charge >= 0.3 is 5.97 Å². The van der Waals surface area contributed by atoms with Gasteiger partial charge < -0.3 is 29.4 Å². The highest BCUT2D eigenvalue weighted by atomic mass is 16.5. The zero-order valence-electron chi connectivity index (χ0n) is 19.8. The van der Waals surface area contributed by atoms with Crippen LogP contribution in [-0.4, -0.2) is 44.9 Å². The minimum Gasteiger partial charge on any atom is -0.493 e. The number of hydrogen-bond acceptors (Lipinski definition) is 7. The van der Waals surface area contributed by atoms with Crippen molar-refractivity contribution in [3.8, 4) is 11.5 Å². The Hall–Kier alpha value is -3.68. The number of pyridine rings is 1. The number of nitrogens with one attached hydrogen (secondary N) is 2. The minimum absolute atomic E-state index is 0.0790. The molecule has 34 heavy (non-hydrogen) atoms. The molecule has 4 rings (SSSR count). The van der Waals surface area contributed by atoms with Crippen molar-refractivity contribution in [3.63, 3.8) is 0 Å². The maximum Gasteiger partial charge on any atom is 0.310 e. The number of piperidine rings is 1. The number of esters is 1. The molecule has 8 nitrogen and oxygen atoms in total. The van der Waals surface area contributed by atoms with Gasteiger partial charge in [-0.25, -0.2) is 0 Å². The summed E-state index contributed by atoms with van der Waals surface area (Å²) in [6.45, 7) is 4.23. The molecule has 1 fully saturated rings. The fourth-order valence-electron chi connectivity index (χ4n) is 4.36. The van der Waals surface area contributed by atoms with E-state index in [0.717, 1.165) is 36.1 Å². The zero-order chi connectivity index (χ0) is 24.1. The number of nitrogens with zero attached hydrogens (tertiary/aromatic N) is 1. The molecule has 1 aliphatic heterocycles. The van der Waals surface area contributed by atoms with Gasteiger partial charge in [-0.3, -0.25) is 9.59 Å². The highest BCUT2D eigenvalue weighted by Gasteiger charge is 2.26. The molecule has 0 aliphatic carbocycles. The highest BCUT2D eigenvalue weighted by Crippen LogP contribution is 2.31. The van der Waals surface area contributed by atoms with Crippen LogP contribution in [0.15, 0.2) is 47.3 Å². The fraction of sp³-hybridized carbons (Fsp3) is 0.385. The predicted molar refractivity (Wildman–Crippen MR) is 133 cm³/mol. The van der Waals surface area contributed by atoms with Crippen LogP contribution in [0.2, 0.25) is 0 Å². The summed E-state index contributed by atoms with van der Waals surface area (Å²) < 4.78 is 15.9. The summed E-state index contributed by atoms with van der Waals surface area (Å²) in [5.41, 5.74) is 3.15. The van der Waals surface area contributed by atoms with E-state index in [9.17, 15) is 9.59 Å². The number of carbonyl (C=O) groups is 1. The van der Waals surface area contributed by atoms with Crippen molar-refractivity contribution in [3.05, 3.63) is 58.4 Å². The van der Waals surface area contributed by atoms with Crippen LogP contribution in [0.25, 0.3) is 10.9 Å². The number of benzene rings is 2. The monoisotopic (exact) mass is 465 g/mol. The van der Waals surface area contributed by atoms with Crippen molar-refractivity contribution >= 4 is 28.2 Å². The van der Waals surface area contributed by atoms with E-state index in [2.05, 4.69) is 15.2 Å². The molecule has 0 saturated carbocycles. The second kappa shape index (κ2) is 10.5. The van der Waals surface area contributed by atoms with E-state index in [-0.39, 0.29) is 17.4 Å². The Labute approximate surface area is 198 Å². The van der Waals surface area contributed by atoms with E-state index in [1.165, 1.54) is 0 Å². The molecule has 180 valence electrons. The Morgan fingerprint density at radius 2 is 1.85 bits per heavy atom. The van der Waals surface area contributed by atoms with Crippen LogP contribution in [0.5, 0.6) is 11.5 Å². The molecule has 1 unspecified atom stereocenters. The number of H-pyrrole nitrogens is 1. The molecule has 8 heteroatoms. The Morgan fingerprint density at radius 3 is 2.56 bits per heavy atom. The standard InChI is InChI=1S/C26H31N3O5/c1-4-34-26(31)17-6-5-11-29(16-17)21-9-7-20(8-10-21)27-15-19-12-18-13-23(32-2)24(33-3)14-22(18)28-25(19)30/h7-10,12-14,17,27H,4-6,11,15-16H2,1-3H3,(H,28,30). The average molecular weight is 466 g/mol. The fourth-order valence-corrected chi connectivity index (χ4v) is 4.36. The van der Waals surface area contributed by atoms with Gasteiger partial charge in [0.1, 0.15) is 0 Å². The maximum atomic E-state index is 12.6. The van der Waals surface area contributed by atoms with Crippen molar-refractivity contribution in [2.45, 2.75) is 26.3 Å². The molecule has 2 heterocycles. The van der Waals surface area contributed by atoms with Crippen molar-refractivity contribution in [1.82, 2.24) is 4.98 Å². The van der Waals surface area contributed by atoms with Gasteiger partial charge in [-0.05, 0) is 56.2 Å². The third-order valence-corrected chi connectivity index (χ3v) is 6.18. The maximum absolute atomic E-state index is 12.6. The van der Waals surface area contributed by atoms with Gasteiger partial charge in [0.2, 0.25) is 0 Å². The third kappa shape index (κ3) is 5.11. The first kappa shape index (κ1) is 23.5. The molecular formula is C26H31N3O5. The quantitative estimate of drug-likeness (QED) is 0.487. The minimum atomic E-state index is -0.151. The normalized spacial score (nSPS) is 15.7. The first-order valence-electron chi connectivity index (χ1n) is 11.6. The molecule has 0 spiro atoms. The van der Waals surface area contributed by atoms with Gasteiger partial charge in [-0.2, -0.15) is 0 Å². The summed E-state index contributed by atoms with van der Waals surface area (Å²) in [6, 6.07) is 13.5. The molecule has 0 bridgehead atoms. The van der Waals surface area contributed by atoms with E-state index >= 15 is 0 Å². The number of ether oxygens (including phenoxy) is 3. The van der Waals surface area contributed by atoms with Gasteiger partial charge in [-0.15, -0.1) is 0 Å². The topological polar surface area (TPSA) is 92.9 Å². The van der Waals surface area contributed by atoms with Crippen LogP contribution in [-0.2, 0) is 16.1 Å². The molecule has 3 aromatic rings. The summed E-state index contributed by atoms with van der Waals surface area (Å²) in [6.07, 6.45) is 1.83. The van der Waals surface area contributed by atoms with Gasteiger partial charge in [-0.1, -0.05) is 0 Å². The lowest BCUT2D eigenvalue weighted by Gasteiger charge is -2.33. The van der Waals surface area contributed by atoms with Crippen LogP contribution < -0.4 is 25.2 Å². The van der Waals surface area contributed by atoms with Gasteiger partial charge in [0, 0.05) is 48.0 Å². The summed E-state index contributed by atoms with van der Waals surface area (Å²) >= 11 is 0. The molecule has 1 aliphatic rings. The summed E-state index contributed by atoms with van der Waals surface area (Å²) in [5, 5.41) is 4.19. The molecule has 2 N–H and O–H groups in total. The second-order valence-electron chi connectivity index (χ2n) is 8.36. The number of rotatable bonds is 8. The number of hydrogen-bond donors (Lipinski definition) is 2. The Bertz CT molecular complexity index is 1210. The lowest BCUT2D eigenvalue weighted by Crippen LogP contribution is -2.39.